The fourth-order valence-electron chi connectivity index (χ4n) is 3.57. The molecule has 0 aromatic heterocycles. The van der Waals surface area contributed by atoms with Gasteiger partial charge in [0, 0.05) is 0 Å². The second-order valence-corrected chi connectivity index (χ2v) is 27.2. The van der Waals surface area contributed by atoms with Gasteiger partial charge in [-0.3, -0.25) is 0 Å². The van der Waals surface area contributed by atoms with Crippen molar-refractivity contribution in [1.82, 2.24) is 0 Å². The van der Waals surface area contributed by atoms with E-state index in [9.17, 15) is 7.48 Å². The number of rotatable bonds is 6. The summed E-state index contributed by atoms with van der Waals surface area (Å²) in [6.07, 6.45) is 9.51. The molecular formula is C16H32As2O2P2. The average molecular weight is 468 g/mol. The molecule has 0 spiro atoms. The van der Waals surface area contributed by atoms with Crippen LogP contribution < -0.4 is 0 Å². The first-order valence-electron chi connectivity index (χ1n) is 7.61. The van der Waals surface area contributed by atoms with Gasteiger partial charge < -0.3 is 0 Å². The molecular weight excluding hydrogens is 436 g/mol. The molecule has 3 atom stereocenters. The molecule has 0 aromatic carbocycles. The van der Waals surface area contributed by atoms with Crippen LogP contribution in [0, 0.1) is 0 Å². The van der Waals surface area contributed by atoms with Gasteiger partial charge in [-0.1, -0.05) is 0 Å². The van der Waals surface area contributed by atoms with Gasteiger partial charge in [0.1, 0.15) is 0 Å². The summed E-state index contributed by atoms with van der Waals surface area (Å²) in [6, 6.07) is 0. The Kier molecular flexibility index (Phi) is 7.21. The van der Waals surface area contributed by atoms with Crippen LogP contribution in [0.3, 0.4) is 0 Å². The van der Waals surface area contributed by atoms with E-state index >= 15 is 0 Å². The zero-order valence-corrected chi connectivity index (χ0v) is 20.8. The molecule has 0 aromatic rings. The van der Waals surface area contributed by atoms with E-state index < -0.39 is 27.0 Å². The average Bonchev–Trinajstić information content (AvgIpc) is 2.32. The van der Waals surface area contributed by atoms with Crippen molar-refractivity contribution >= 4 is 42.8 Å². The van der Waals surface area contributed by atoms with Crippen molar-refractivity contribution < 1.29 is 7.48 Å². The minimum atomic E-state index is -3.18. The van der Waals surface area contributed by atoms with Crippen molar-refractivity contribution in [3.63, 3.8) is 0 Å². The summed E-state index contributed by atoms with van der Waals surface area (Å²) >= 11 is -6.25. The first-order chi connectivity index (χ1) is 9.84. The van der Waals surface area contributed by atoms with Crippen molar-refractivity contribution in [3.05, 3.63) is 24.3 Å². The second-order valence-electron chi connectivity index (χ2n) is 7.60. The number of hydrogen-bond donors (Lipinski definition) is 0. The summed E-state index contributed by atoms with van der Waals surface area (Å²) < 4.78 is 26.3. The Morgan fingerprint density at radius 1 is 1.05 bits per heavy atom. The molecule has 3 unspecified atom stereocenters. The van der Waals surface area contributed by atoms with Crippen LogP contribution in [-0.2, 0) is 7.48 Å². The molecule has 1 rings (SSSR count). The topological polar surface area (TPSA) is 34.1 Å². The van der Waals surface area contributed by atoms with Crippen LogP contribution in [0.25, 0.3) is 0 Å². The molecule has 0 saturated carbocycles. The van der Waals surface area contributed by atoms with Gasteiger partial charge in [-0.05, 0) is 0 Å². The fourth-order valence-corrected chi connectivity index (χ4v) is 25.3. The third-order valence-corrected chi connectivity index (χ3v) is 18.7. The SMILES string of the molecule is CP(C)CC(P(C)C)C1([As](C)(C)=O)C=CC=CC1[As](C)(C)=O. The maximum atomic E-state index is 13.6. The molecule has 0 N–H and O–H groups in total. The summed E-state index contributed by atoms with van der Waals surface area (Å²) in [5.74, 6) is 0. The predicted octanol–water partition coefficient (Wildman–Crippen LogP) is 5.35. The minimum absolute atomic E-state index is 0.0134. The van der Waals surface area contributed by atoms with Crippen LogP contribution in [0.5, 0.6) is 0 Å². The quantitative estimate of drug-likeness (QED) is 0.390. The Balaban J connectivity index is 3.61. The summed E-state index contributed by atoms with van der Waals surface area (Å²) in [7, 11) is -0.310. The molecule has 0 fully saturated rings. The van der Waals surface area contributed by atoms with Gasteiger partial charge in [0.2, 0.25) is 0 Å². The van der Waals surface area contributed by atoms with Gasteiger partial charge in [0.05, 0.1) is 0 Å². The Labute approximate surface area is 144 Å². The molecule has 0 aliphatic heterocycles. The standard InChI is InChI=1S/C16H32As2O2P2/c1-17(2,19)14-11-9-10-12-16(14,18(3,4)20)15(22(7)8)13-21(5)6/h9-12,14-15H,13H2,1-8H3. The predicted molar refractivity (Wildman–Crippen MR) is 107 cm³/mol. The van der Waals surface area contributed by atoms with Crippen molar-refractivity contribution in [2.24, 2.45) is 0 Å². The van der Waals surface area contributed by atoms with Gasteiger partial charge in [-0.15, -0.1) is 0 Å². The molecule has 1 aliphatic carbocycles. The molecule has 0 bridgehead atoms. The first-order valence-corrected chi connectivity index (χ1v) is 23.4. The van der Waals surface area contributed by atoms with E-state index in [1.807, 2.05) is 28.9 Å². The Morgan fingerprint density at radius 3 is 1.95 bits per heavy atom. The van der Waals surface area contributed by atoms with Gasteiger partial charge in [-0.2, -0.15) is 0 Å². The van der Waals surface area contributed by atoms with Gasteiger partial charge in [0.25, 0.3) is 0 Å². The molecule has 6 heteroatoms. The van der Waals surface area contributed by atoms with Crippen molar-refractivity contribution in [3.8, 4) is 0 Å². The molecule has 0 amide bonds. The van der Waals surface area contributed by atoms with Crippen LogP contribution in [0.2, 0.25) is 31.8 Å². The van der Waals surface area contributed by atoms with E-state index in [1.54, 1.807) is 0 Å². The molecule has 1 aliphatic rings. The molecule has 128 valence electrons. The van der Waals surface area contributed by atoms with Crippen molar-refractivity contribution in [1.29, 1.82) is 0 Å². The first kappa shape index (κ1) is 21.1. The summed E-state index contributed by atoms with van der Waals surface area (Å²) in [6.45, 7) is 9.21. The third-order valence-electron chi connectivity index (χ3n) is 4.54. The van der Waals surface area contributed by atoms with Crippen molar-refractivity contribution in [2.45, 2.75) is 37.4 Å². The van der Waals surface area contributed by atoms with Crippen LogP contribution in [0.4, 0.5) is 0 Å². The monoisotopic (exact) mass is 468 g/mol. The van der Waals surface area contributed by atoms with Crippen molar-refractivity contribution in [2.75, 3.05) is 32.8 Å². The fraction of sp³-hybridized carbons (Fsp3) is 0.750. The van der Waals surface area contributed by atoms with Crippen LogP contribution in [0.1, 0.15) is 0 Å². The molecule has 2 nitrogen and oxygen atoms in total. The Morgan fingerprint density at radius 2 is 1.59 bits per heavy atom. The maximum absolute atomic E-state index is 13.6. The zero-order chi connectivity index (χ0) is 17.3. The van der Waals surface area contributed by atoms with Gasteiger partial charge >= 0.3 is 145 Å². The van der Waals surface area contributed by atoms with E-state index in [2.05, 4.69) is 44.9 Å². The van der Waals surface area contributed by atoms with E-state index in [4.69, 9.17) is 0 Å². The Bertz CT molecular complexity index is 542. The zero-order valence-electron chi connectivity index (χ0n) is 15.3. The molecule has 22 heavy (non-hydrogen) atoms. The van der Waals surface area contributed by atoms with Gasteiger partial charge in [0.15, 0.2) is 0 Å². The third kappa shape index (κ3) is 4.36. The second kappa shape index (κ2) is 7.52. The molecule has 0 saturated heterocycles. The molecule has 0 heterocycles. The van der Waals surface area contributed by atoms with E-state index in [0.29, 0.717) is 5.66 Å². The molecule has 0 radical (unpaired) electrons. The number of allylic oxidation sites excluding steroid dienone is 4. The van der Waals surface area contributed by atoms with Crippen LogP contribution in [0.15, 0.2) is 24.3 Å². The summed E-state index contributed by atoms with van der Waals surface area (Å²) in [5.41, 5.74) is 8.21. The summed E-state index contributed by atoms with van der Waals surface area (Å²) in [4.78, 5) is 0. The number of hydrogen-bond acceptors (Lipinski definition) is 2. The van der Waals surface area contributed by atoms with E-state index in [-0.39, 0.29) is 24.8 Å². The summed E-state index contributed by atoms with van der Waals surface area (Å²) in [5, 5.41) is 0. The van der Waals surface area contributed by atoms with Crippen LogP contribution >= 0.6 is 15.8 Å². The van der Waals surface area contributed by atoms with E-state index in [1.165, 1.54) is 0 Å². The normalized spacial score (nSPS) is 27.6. The van der Waals surface area contributed by atoms with E-state index in [0.717, 1.165) is 6.16 Å². The van der Waals surface area contributed by atoms with Crippen LogP contribution in [-0.4, -0.2) is 65.5 Å². The Hall–Kier alpha value is 1.06. The van der Waals surface area contributed by atoms with Gasteiger partial charge in [-0.25, -0.2) is 0 Å².